The summed E-state index contributed by atoms with van der Waals surface area (Å²) in [5.41, 5.74) is 1.44. The molecule has 0 spiro atoms. The number of nitrogens with zero attached hydrogens (tertiary/aromatic N) is 2. The maximum Gasteiger partial charge on any atom is 0.0524 e. The maximum absolute atomic E-state index is 4.23. The van der Waals surface area contributed by atoms with Crippen LogP contribution in [0.2, 0.25) is 0 Å². The summed E-state index contributed by atoms with van der Waals surface area (Å²) in [7, 11) is 2.00. The molecule has 13 heavy (non-hydrogen) atoms. The summed E-state index contributed by atoms with van der Waals surface area (Å²) in [6.45, 7) is 2.36. The molecule has 0 aliphatic heterocycles. The highest BCUT2D eigenvalue weighted by atomic mass is 15.2. The third-order valence-electron chi connectivity index (χ3n) is 3.13. The molecule has 0 amide bonds. The van der Waals surface area contributed by atoms with Crippen molar-refractivity contribution >= 4 is 0 Å². The summed E-state index contributed by atoms with van der Waals surface area (Å²) in [5.74, 6) is 1.68. The molecule has 2 rings (SSSR count). The van der Waals surface area contributed by atoms with Gasteiger partial charge in [0.1, 0.15) is 0 Å². The van der Waals surface area contributed by atoms with E-state index < -0.39 is 0 Å². The average Bonchev–Trinajstić information content (AvgIpc) is 2.52. The van der Waals surface area contributed by atoms with Crippen LogP contribution in [0.1, 0.15) is 44.1 Å². The first-order chi connectivity index (χ1) is 6.25. The van der Waals surface area contributed by atoms with Crippen molar-refractivity contribution in [2.45, 2.75) is 38.5 Å². The Hall–Kier alpha value is -0.790. The predicted molar refractivity (Wildman–Crippen MR) is 53.6 cm³/mol. The fourth-order valence-corrected chi connectivity index (χ4v) is 2.39. The van der Waals surface area contributed by atoms with Gasteiger partial charge in [0.15, 0.2) is 0 Å². The molecule has 1 fully saturated rings. The van der Waals surface area contributed by atoms with E-state index in [2.05, 4.69) is 18.2 Å². The largest absolute Gasteiger partial charge is 0.276 e. The second kappa shape index (κ2) is 3.52. The normalized spacial score (nSPS) is 29.1. The van der Waals surface area contributed by atoms with Gasteiger partial charge in [-0.2, -0.15) is 5.10 Å². The maximum atomic E-state index is 4.23. The van der Waals surface area contributed by atoms with E-state index in [9.17, 15) is 0 Å². The van der Waals surface area contributed by atoms with Crippen LogP contribution in [0.4, 0.5) is 0 Å². The minimum absolute atomic E-state index is 0.775. The number of hydrogen-bond donors (Lipinski definition) is 0. The SMILES string of the molecule is C[C@@H]1CCCC(c2cnn(C)c2)C1. The number of aryl methyl sites for hydroxylation is 1. The minimum Gasteiger partial charge on any atom is -0.276 e. The van der Waals surface area contributed by atoms with Gasteiger partial charge in [-0.05, 0) is 30.2 Å². The monoisotopic (exact) mass is 178 g/mol. The standard InChI is InChI=1S/C11H18N2/c1-9-4-3-5-10(6-9)11-7-12-13(2)8-11/h7-10H,3-6H2,1-2H3/t9-,10?/m1/s1. The van der Waals surface area contributed by atoms with Crippen LogP contribution in [-0.2, 0) is 7.05 Å². The quantitative estimate of drug-likeness (QED) is 0.646. The summed E-state index contributed by atoms with van der Waals surface area (Å²) in [6, 6.07) is 0. The third-order valence-corrected chi connectivity index (χ3v) is 3.13. The molecule has 2 nitrogen and oxygen atoms in total. The van der Waals surface area contributed by atoms with Crippen LogP contribution in [0.3, 0.4) is 0 Å². The molecule has 0 aromatic carbocycles. The molecule has 2 atom stereocenters. The molecule has 0 saturated heterocycles. The van der Waals surface area contributed by atoms with E-state index >= 15 is 0 Å². The third kappa shape index (κ3) is 1.93. The van der Waals surface area contributed by atoms with Crippen molar-refractivity contribution in [2.24, 2.45) is 13.0 Å². The molecular weight excluding hydrogens is 160 g/mol. The first kappa shape index (κ1) is 8.79. The van der Waals surface area contributed by atoms with E-state index in [1.54, 1.807) is 0 Å². The number of rotatable bonds is 1. The van der Waals surface area contributed by atoms with E-state index in [-0.39, 0.29) is 0 Å². The molecule has 72 valence electrons. The van der Waals surface area contributed by atoms with Crippen LogP contribution >= 0.6 is 0 Å². The van der Waals surface area contributed by atoms with Crippen LogP contribution in [-0.4, -0.2) is 9.78 Å². The molecule has 1 aromatic heterocycles. The zero-order valence-corrected chi connectivity index (χ0v) is 8.53. The lowest BCUT2D eigenvalue weighted by molar-refractivity contribution is 0.344. The molecule has 1 unspecified atom stereocenters. The van der Waals surface area contributed by atoms with Gasteiger partial charge in [-0.1, -0.05) is 19.8 Å². The first-order valence-electron chi connectivity index (χ1n) is 5.24. The molecule has 2 heteroatoms. The summed E-state index contributed by atoms with van der Waals surface area (Å²) in [4.78, 5) is 0. The summed E-state index contributed by atoms with van der Waals surface area (Å²) >= 11 is 0. The van der Waals surface area contributed by atoms with Gasteiger partial charge in [0.05, 0.1) is 6.20 Å². The lowest BCUT2D eigenvalue weighted by atomic mass is 9.80. The van der Waals surface area contributed by atoms with Crippen LogP contribution in [0.5, 0.6) is 0 Å². The average molecular weight is 178 g/mol. The van der Waals surface area contributed by atoms with Gasteiger partial charge < -0.3 is 0 Å². The topological polar surface area (TPSA) is 17.8 Å². The highest BCUT2D eigenvalue weighted by Crippen LogP contribution is 2.35. The van der Waals surface area contributed by atoms with Crippen LogP contribution in [0, 0.1) is 5.92 Å². The Morgan fingerprint density at radius 1 is 1.46 bits per heavy atom. The van der Waals surface area contributed by atoms with Crippen molar-refractivity contribution < 1.29 is 0 Å². The fraction of sp³-hybridized carbons (Fsp3) is 0.727. The Bertz CT molecular complexity index is 277. The summed E-state index contributed by atoms with van der Waals surface area (Å²) < 4.78 is 1.91. The van der Waals surface area contributed by atoms with Crippen LogP contribution in [0.25, 0.3) is 0 Å². The van der Waals surface area contributed by atoms with Crippen molar-refractivity contribution in [3.05, 3.63) is 18.0 Å². The van der Waals surface area contributed by atoms with Crippen LogP contribution in [0.15, 0.2) is 12.4 Å². The second-order valence-electron chi connectivity index (χ2n) is 4.42. The van der Waals surface area contributed by atoms with Crippen molar-refractivity contribution in [1.29, 1.82) is 0 Å². The Kier molecular flexibility index (Phi) is 2.38. The van der Waals surface area contributed by atoms with Crippen molar-refractivity contribution in [1.82, 2.24) is 9.78 Å². The molecule has 0 radical (unpaired) electrons. The molecular formula is C11H18N2. The highest BCUT2D eigenvalue weighted by Gasteiger charge is 2.20. The van der Waals surface area contributed by atoms with Crippen molar-refractivity contribution in [3.8, 4) is 0 Å². The van der Waals surface area contributed by atoms with Crippen LogP contribution < -0.4 is 0 Å². The Morgan fingerprint density at radius 2 is 2.31 bits per heavy atom. The fourth-order valence-electron chi connectivity index (χ4n) is 2.39. The van der Waals surface area contributed by atoms with Gasteiger partial charge in [-0.25, -0.2) is 0 Å². The van der Waals surface area contributed by atoms with Gasteiger partial charge in [0.2, 0.25) is 0 Å². The second-order valence-corrected chi connectivity index (χ2v) is 4.42. The van der Waals surface area contributed by atoms with Crippen molar-refractivity contribution in [2.75, 3.05) is 0 Å². The Labute approximate surface area is 80.0 Å². The summed E-state index contributed by atoms with van der Waals surface area (Å²) in [6.07, 6.45) is 9.71. The Balaban J connectivity index is 2.08. The molecule has 1 aliphatic carbocycles. The van der Waals surface area contributed by atoms with Gasteiger partial charge in [-0.15, -0.1) is 0 Å². The molecule has 0 N–H and O–H groups in total. The molecule has 1 saturated carbocycles. The smallest absolute Gasteiger partial charge is 0.0524 e. The zero-order chi connectivity index (χ0) is 9.26. The van der Waals surface area contributed by atoms with Gasteiger partial charge >= 0.3 is 0 Å². The minimum atomic E-state index is 0.775. The molecule has 1 aromatic rings. The van der Waals surface area contributed by atoms with Gasteiger partial charge in [-0.3, -0.25) is 4.68 Å². The summed E-state index contributed by atoms with van der Waals surface area (Å²) in [5, 5.41) is 4.23. The lowest BCUT2D eigenvalue weighted by Crippen LogP contribution is -2.11. The van der Waals surface area contributed by atoms with E-state index in [0.717, 1.165) is 11.8 Å². The van der Waals surface area contributed by atoms with E-state index in [1.807, 2.05) is 17.9 Å². The molecule has 0 bridgehead atoms. The van der Waals surface area contributed by atoms with Gasteiger partial charge in [0, 0.05) is 13.2 Å². The first-order valence-corrected chi connectivity index (χ1v) is 5.24. The van der Waals surface area contributed by atoms with E-state index in [1.165, 1.54) is 31.2 Å². The van der Waals surface area contributed by atoms with E-state index in [0.29, 0.717) is 0 Å². The van der Waals surface area contributed by atoms with E-state index in [4.69, 9.17) is 0 Å². The highest BCUT2D eigenvalue weighted by molar-refractivity contribution is 5.11. The molecule has 1 heterocycles. The van der Waals surface area contributed by atoms with Gasteiger partial charge in [0.25, 0.3) is 0 Å². The number of hydrogen-bond acceptors (Lipinski definition) is 1. The molecule has 1 aliphatic rings. The van der Waals surface area contributed by atoms with Crippen molar-refractivity contribution in [3.63, 3.8) is 0 Å². The Morgan fingerprint density at radius 3 is 2.92 bits per heavy atom. The lowest BCUT2D eigenvalue weighted by Gasteiger charge is -2.25. The predicted octanol–water partition coefficient (Wildman–Crippen LogP) is 2.71. The number of aromatic nitrogens is 2. The zero-order valence-electron chi connectivity index (χ0n) is 8.53.